The lowest BCUT2D eigenvalue weighted by Gasteiger charge is -2.17. The van der Waals surface area contributed by atoms with Gasteiger partial charge in [0.1, 0.15) is 0 Å². The van der Waals surface area contributed by atoms with Gasteiger partial charge in [-0.2, -0.15) is 0 Å². The molecule has 29 heavy (non-hydrogen) atoms. The van der Waals surface area contributed by atoms with E-state index in [9.17, 15) is 13.2 Å². The number of nitrogens with one attached hydrogen (secondary N) is 2. The Balaban J connectivity index is 1.39. The Labute approximate surface area is 170 Å². The first kappa shape index (κ1) is 20.0. The highest BCUT2D eigenvalue weighted by Crippen LogP contribution is 2.34. The lowest BCUT2D eigenvalue weighted by atomic mass is 9.96. The fraction of sp³-hybridized carbons (Fsp3) is 0.429. The summed E-state index contributed by atoms with van der Waals surface area (Å²) in [7, 11) is -3.22. The van der Waals surface area contributed by atoms with Crippen LogP contribution in [0.5, 0.6) is 0 Å². The maximum Gasteiger partial charge on any atom is 0.253 e. The summed E-state index contributed by atoms with van der Waals surface area (Å²) in [6, 6.07) is 8.70. The van der Waals surface area contributed by atoms with Crippen LogP contribution in [0.4, 0.5) is 0 Å². The SMILES string of the molecule is CCS(=O)(=O)c1ccc(CNC(=O)c2cnc3c(c2)CNC3C2CCOC2)cc1. The van der Waals surface area contributed by atoms with Crippen molar-refractivity contribution in [1.82, 2.24) is 15.6 Å². The van der Waals surface area contributed by atoms with Gasteiger partial charge < -0.3 is 15.4 Å². The molecule has 2 N–H and O–H groups in total. The van der Waals surface area contributed by atoms with Crippen molar-refractivity contribution < 1.29 is 17.9 Å². The number of carbonyl (C=O) groups is 1. The van der Waals surface area contributed by atoms with Gasteiger partial charge in [-0.15, -0.1) is 0 Å². The maximum absolute atomic E-state index is 12.5. The molecular weight excluding hydrogens is 390 g/mol. The number of benzene rings is 1. The molecule has 1 amide bonds. The third-order valence-electron chi connectivity index (χ3n) is 5.62. The van der Waals surface area contributed by atoms with Crippen LogP contribution in [0.2, 0.25) is 0 Å². The molecule has 8 heteroatoms. The van der Waals surface area contributed by atoms with Gasteiger partial charge in [0.2, 0.25) is 0 Å². The molecule has 3 heterocycles. The van der Waals surface area contributed by atoms with E-state index in [1.54, 1.807) is 37.4 Å². The molecule has 2 unspecified atom stereocenters. The molecule has 1 aromatic heterocycles. The van der Waals surface area contributed by atoms with Crippen molar-refractivity contribution in [2.75, 3.05) is 19.0 Å². The number of amides is 1. The topological polar surface area (TPSA) is 97.4 Å². The summed E-state index contributed by atoms with van der Waals surface area (Å²) < 4.78 is 29.2. The van der Waals surface area contributed by atoms with Crippen molar-refractivity contribution in [3.05, 3.63) is 58.9 Å². The zero-order valence-electron chi connectivity index (χ0n) is 16.3. The summed E-state index contributed by atoms with van der Waals surface area (Å²) in [5.41, 5.74) is 3.44. The number of carbonyl (C=O) groups excluding carboxylic acids is 1. The van der Waals surface area contributed by atoms with Crippen LogP contribution in [0.3, 0.4) is 0 Å². The van der Waals surface area contributed by atoms with E-state index < -0.39 is 9.84 Å². The lowest BCUT2D eigenvalue weighted by Crippen LogP contribution is -2.24. The number of nitrogens with zero attached hydrogens (tertiary/aromatic N) is 1. The van der Waals surface area contributed by atoms with Crippen molar-refractivity contribution in [3.8, 4) is 0 Å². The predicted molar refractivity (Wildman–Crippen MR) is 108 cm³/mol. The summed E-state index contributed by atoms with van der Waals surface area (Å²) in [4.78, 5) is 17.4. The molecule has 0 radical (unpaired) electrons. The van der Waals surface area contributed by atoms with Crippen LogP contribution < -0.4 is 10.6 Å². The highest BCUT2D eigenvalue weighted by molar-refractivity contribution is 7.91. The fourth-order valence-electron chi connectivity index (χ4n) is 3.85. The highest BCUT2D eigenvalue weighted by atomic mass is 32.2. The van der Waals surface area contributed by atoms with E-state index in [4.69, 9.17) is 4.74 Å². The van der Waals surface area contributed by atoms with E-state index in [0.717, 1.165) is 36.5 Å². The lowest BCUT2D eigenvalue weighted by molar-refractivity contribution is 0.0950. The van der Waals surface area contributed by atoms with Gasteiger partial charge in [0.05, 0.1) is 34.6 Å². The van der Waals surface area contributed by atoms with Crippen molar-refractivity contribution in [2.45, 2.75) is 37.4 Å². The number of rotatable bonds is 6. The molecule has 0 bridgehead atoms. The number of aromatic nitrogens is 1. The monoisotopic (exact) mass is 415 g/mol. The maximum atomic E-state index is 12.5. The first-order valence-electron chi connectivity index (χ1n) is 9.88. The number of pyridine rings is 1. The Morgan fingerprint density at radius 2 is 2.10 bits per heavy atom. The third kappa shape index (κ3) is 4.19. The van der Waals surface area contributed by atoms with Crippen LogP contribution in [-0.4, -0.2) is 38.3 Å². The number of fused-ring (bicyclic) bond motifs is 1. The van der Waals surface area contributed by atoms with E-state index in [2.05, 4.69) is 15.6 Å². The van der Waals surface area contributed by atoms with E-state index in [1.807, 2.05) is 6.07 Å². The Hall–Kier alpha value is -2.29. The molecule has 1 aromatic carbocycles. The van der Waals surface area contributed by atoms with Gasteiger partial charge in [-0.25, -0.2) is 8.42 Å². The molecule has 0 saturated carbocycles. The molecular formula is C21H25N3O4S. The minimum Gasteiger partial charge on any atom is -0.381 e. The molecule has 154 valence electrons. The molecule has 2 aromatic rings. The van der Waals surface area contributed by atoms with Gasteiger partial charge in [0.25, 0.3) is 5.91 Å². The quantitative estimate of drug-likeness (QED) is 0.749. The average Bonchev–Trinajstić information content (AvgIpc) is 3.41. The van der Waals surface area contributed by atoms with Gasteiger partial charge in [0.15, 0.2) is 9.84 Å². The zero-order valence-corrected chi connectivity index (χ0v) is 17.2. The average molecular weight is 416 g/mol. The van der Waals surface area contributed by atoms with E-state index in [-0.39, 0.29) is 17.7 Å². The summed E-state index contributed by atoms with van der Waals surface area (Å²) in [5.74, 6) is 0.305. The Morgan fingerprint density at radius 1 is 1.31 bits per heavy atom. The van der Waals surface area contributed by atoms with E-state index >= 15 is 0 Å². The second-order valence-corrected chi connectivity index (χ2v) is 9.76. The number of hydrogen-bond donors (Lipinski definition) is 2. The Bertz CT molecular complexity index is 999. The van der Waals surface area contributed by atoms with Crippen LogP contribution in [0.15, 0.2) is 41.4 Å². The Morgan fingerprint density at radius 3 is 2.79 bits per heavy atom. The molecule has 4 rings (SSSR count). The van der Waals surface area contributed by atoms with E-state index in [1.165, 1.54) is 0 Å². The minimum absolute atomic E-state index is 0.0674. The van der Waals surface area contributed by atoms with Crippen molar-refractivity contribution in [1.29, 1.82) is 0 Å². The molecule has 2 aliphatic heterocycles. The predicted octanol–water partition coefficient (Wildman–Crippen LogP) is 1.99. The minimum atomic E-state index is -3.22. The second kappa shape index (κ2) is 8.22. The van der Waals surface area contributed by atoms with Crippen LogP contribution in [0.1, 0.15) is 46.6 Å². The van der Waals surface area contributed by atoms with Crippen LogP contribution >= 0.6 is 0 Å². The van der Waals surface area contributed by atoms with Crippen molar-refractivity contribution in [2.24, 2.45) is 5.92 Å². The molecule has 2 aliphatic rings. The largest absolute Gasteiger partial charge is 0.381 e. The molecule has 0 aliphatic carbocycles. The number of hydrogen-bond acceptors (Lipinski definition) is 6. The first-order chi connectivity index (χ1) is 14.0. The van der Waals surface area contributed by atoms with Gasteiger partial charge in [-0.05, 0) is 35.7 Å². The summed E-state index contributed by atoms with van der Waals surface area (Å²) in [5, 5.41) is 6.36. The normalized spacial score (nSPS) is 21.1. The molecule has 2 atom stereocenters. The second-order valence-electron chi connectivity index (χ2n) is 7.48. The number of ether oxygens (including phenoxy) is 1. The first-order valence-corrected chi connectivity index (χ1v) is 11.5. The Kier molecular flexibility index (Phi) is 5.67. The summed E-state index contributed by atoms with van der Waals surface area (Å²) in [6.07, 6.45) is 2.65. The fourth-order valence-corrected chi connectivity index (χ4v) is 4.74. The van der Waals surface area contributed by atoms with E-state index in [0.29, 0.717) is 29.5 Å². The molecule has 1 saturated heterocycles. The summed E-state index contributed by atoms with van der Waals surface area (Å²) >= 11 is 0. The molecule has 1 fully saturated rings. The van der Waals surface area contributed by atoms with Gasteiger partial charge in [-0.3, -0.25) is 9.78 Å². The standard InChI is InChI=1S/C21H25N3O4S/c1-2-29(26,27)18-5-3-14(4-6-18)10-24-21(25)17-9-16-11-22-19(20(16)23-12-17)15-7-8-28-13-15/h3-6,9,12,15,19,22H,2,7-8,10-11,13H2,1H3,(H,24,25). The molecule has 7 nitrogen and oxygen atoms in total. The van der Waals surface area contributed by atoms with Gasteiger partial charge in [0, 0.05) is 31.8 Å². The van der Waals surface area contributed by atoms with Crippen molar-refractivity contribution in [3.63, 3.8) is 0 Å². The number of sulfone groups is 1. The van der Waals surface area contributed by atoms with Gasteiger partial charge >= 0.3 is 0 Å². The van der Waals surface area contributed by atoms with Gasteiger partial charge in [-0.1, -0.05) is 19.1 Å². The smallest absolute Gasteiger partial charge is 0.253 e. The van der Waals surface area contributed by atoms with Crippen LogP contribution in [0.25, 0.3) is 0 Å². The molecule has 0 spiro atoms. The van der Waals surface area contributed by atoms with Crippen LogP contribution in [-0.2, 0) is 27.7 Å². The highest BCUT2D eigenvalue weighted by Gasteiger charge is 2.33. The third-order valence-corrected chi connectivity index (χ3v) is 7.37. The summed E-state index contributed by atoms with van der Waals surface area (Å²) in [6.45, 7) is 4.19. The van der Waals surface area contributed by atoms with Crippen molar-refractivity contribution >= 4 is 15.7 Å². The van der Waals surface area contributed by atoms with Crippen LogP contribution in [0, 0.1) is 5.92 Å². The zero-order chi connectivity index (χ0) is 20.4.